The minimum absolute atomic E-state index is 0.0319. The van der Waals surface area contributed by atoms with E-state index in [1.807, 2.05) is 13.8 Å². The minimum Gasteiger partial charge on any atom is -0.426 e. The fourth-order valence-electron chi connectivity index (χ4n) is 3.78. The van der Waals surface area contributed by atoms with Gasteiger partial charge in [0.15, 0.2) is 0 Å². The standard InChI is InChI=1S/C17H25N5O5/c1-10(2)15(25)22-6-4-5-17(22)8-21(16(17)26)7-12(24)19-13(11(3)23)14-20-18-9-27-14/h9-11,13,23H,4-8H2,1-3H3,(H,19,24)/t11-,13+,17?/m1/s1. The molecule has 0 aromatic carbocycles. The molecule has 2 aliphatic heterocycles. The number of hydrogen-bond donors (Lipinski definition) is 2. The molecule has 1 aromatic rings. The van der Waals surface area contributed by atoms with E-state index in [9.17, 15) is 19.5 Å². The zero-order valence-corrected chi connectivity index (χ0v) is 15.7. The zero-order valence-electron chi connectivity index (χ0n) is 15.7. The molecule has 0 radical (unpaired) electrons. The molecule has 0 bridgehead atoms. The summed E-state index contributed by atoms with van der Waals surface area (Å²) in [5, 5.41) is 19.7. The molecular weight excluding hydrogens is 354 g/mol. The number of carbonyl (C=O) groups excluding carboxylic acids is 3. The lowest BCUT2D eigenvalue weighted by Crippen LogP contribution is -2.74. The molecule has 10 heteroatoms. The number of aliphatic hydroxyl groups excluding tert-OH is 1. The van der Waals surface area contributed by atoms with Crippen LogP contribution in [0, 0.1) is 5.92 Å². The van der Waals surface area contributed by atoms with Crippen LogP contribution >= 0.6 is 0 Å². The number of carbonyl (C=O) groups is 3. The molecule has 148 valence electrons. The third-order valence-corrected chi connectivity index (χ3v) is 5.16. The predicted molar refractivity (Wildman–Crippen MR) is 92.0 cm³/mol. The Balaban J connectivity index is 1.61. The lowest BCUT2D eigenvalue weighted by molar-refractivity contribution is -0.169. The first-order valence-electron chi connectivity index (χ1n) is 9.10. The smallest absolute Gasteiger partial charge is 0.250 e. The molecule has 2 N–H and O–H groups in total. The highest BCUT2D eigenvalue weighted by atomic mass is 16.4. The van der Waals surface area contributed by atoms with E-state index in [0.717, 1.165) is 12.8 Å². The predicted octanol–water partition coefficient (Wildman–Crippen LogP) is -0.533. The molecule has 2 aliphatic rings. The lowest BCUT2D eigenvalue weighted by atomic mass is 9.85. The van der Waals surface area contributed by atoms with E-state index in [1.54, 1.807) is 4.90 Å². The number of hydrogen-bond acceptors (Lipinski definition) is 7. The van der Waals surface area contributed by atoms with Gasteiger partial charge in [-0.05, 0) is 19.8 Å². The van der Waals surface area contributed by atoms with Gasteiger partial charge in [-0.3, -0.25) is 14.4 Å². The Morgan fingerprint density at radius 2 is 2.15 bits per heavy atom. The van der Waals surface area contributed by atoms with Gasteiger partial charge in [0.05, 0.1) is 19.2 Å². The summed E-state index contributed by atoms with van der Waals surface area (Å²) < 4.78 is 5.04. The Morgan fingerprint density at radius 3 is 2.70 bits per heavy atom. The fourth-order valence-corrected chi connectivity index (χ4v) is 3.78. The summed E-state index contributed by atoms with van der Waals surface area (Å²) in [6, 6.07) is -0.851. The second kappa shape index (κ2) is 7.26. The van der Waals surface area contributed by atoms with Crippen molar-refractivity contribution in [1.29, 1.82) is 0 Å². The van der Waals surface area contributed by atoms with E-state index in [-0.39, 0.29) is 30.2 Å². The third-order valence-electron chi connectivity index (χ3n) is 5.16. The van der Waals surface area contributed by atoms with Gasteiger partial charge in [-0.1, -0.05) is 13.8 Å². The highest BCUT2D eigenvalue weighted by Crippen LogP contribution is 2.39. The Morgan fingerprint density at radius 1 is 1.41 bits per heavy atom. The maximum Gasteiger partial charge on any atom is 0.250 e. The summed E-state index contributed by atoms with van der Waals surface area (Å²) >= 11 is 0. The van der Waals surface area contributed by atoms with Gasteiger partial charge in [0.1, 0.15) is 11.6 Å². The summed E-state index contributed by atoms with van der Waals surface area (Å²) in [7, 11) is 0. The van der Waals surface area contributed by atoms with Crippen LogP contribution in [0.15, 0.2) is 10.8 Å². The number of likely N-dealkylation sites (tertiary alicyclic amines) is 2. The Hall–Kier alpha value is -2.49. The van der Waals surface area contributed by atoms with E-state index in [1.165, 1.54) is 11.8 Å². The average molecular weight is 379 g/mol. The summed E-state index contributed by atoms with van der Waals surface area (Å²) in [5.41, 5.74) is -0.794. The highest BCUT2D eigenvalue weighted by Gasteiger charge is 2.59. The average Bonchev–Trinajstić information content (AvgIpc) is 3.29. The molecule has 3 amide bonds. The van der Waals surface area contributed by atoms with Crippen LogP contribution in [-0.4, -0.2) is 74.1 Å². The maximum atomic E-state index is 12.8. The zero-order chi connectivity index (χ0) is 19.8. The first-order chi connectivity index (χ1) is 12.8. The van der Waals surface area contributed by atoms with Crippen molar-refractivity contribution in [2.45, 2.75) is 51.3 Å². The molecule has 2 saturated heterocycles. The van der Waals surface area contributed by atoms with Crippen LogP contribution in [-0.2, 0) is 14.4 Å². The van der Waals surface area contributed by atoms with Gasteiger partial charge in [0.25, 0.3) is 5.91 Å². The molecule has 0 aliphatic carbocycles. The van der Waals surface area contributed by atoms with E-state index < -0.39 is 23.6 Å². The number of aliphatic hydroxyl groups is 1. The quantitative estimate of drug-likeness (QED) is 0.636. The number of amides is 3. The molecule has 3 rings (SSSR count). The van der Waals surface area contributed by atoms with Gasteiger partial charge in [0, 0.05) is 12.5 Å². The lowest BCUT2D eigenvalue weighted by Gasteiger charge is -2.51. The van der Waals surface area contributed by atoms with Gasteiger partial charge in [-0.15, -0.1) is 10.2 Å². The van der Waals surface area contributed by atoms with Crippen molar-refractivity contribution in [3.63, 3.8) is 0 Å². The number of rotatable bonds is 6. The van der Waals surface area contributed by atoms with Crippen LogP contribution in [0.3, 0.4) is 0 Å². The molecule has 2 fully saturated rings. The van der Waals surface area contributed by atoms with Crippen molar-refractivity contribution < 1.29 is 23.9 Å². The van der Waals surface area contributed by atoms with Crippen molar-refractivity contribution in [1.82, 2.24) is 25.3 Å². The van der Waals surface area contributed by atoms with E-state index >= 15 is 0 Å². The van der Waals surface area contributed by atoms with Gasteiger partial charge in [0.2, 0.25) is 24.1 Å². The van der Waals surface area contributed by atoms with Gasteiger partial charge in [-0.2, -0.15) is 0 Å². The second-order valence-electron chi connectivity index (χ2n) is 7.50. The first-order valence-corrected chi connectivity index (χ1v) is 9.10. The molecule has 0 saturated carbocycles. The van der Waals surface area contributed by atoms with Gasteiger partial charge >= 0.3 is 0 Å². The Kier molecular flexibility index (Phi) is 5.18. The monoisotopic (exact) mass is 379 g/mol. The maximum absolute atomic E-state index is 12.8. The number of nitrogens with zero attached hydrogens (tertiary/aromatic N) is 4. The van der Waals surface area contributed by atoms with Crippen LogP contribution < -0.4 is 5.32 Å². The number of aromatic nitrogens is 2. The summed E-state index contributed by atoms with van der Waals surface area (Å²) in [6.07, 6.45) is 1.58. The molecule has 27 heavy (non-hydrogen) atoms. The number of nitrogens with one attached hydrogen (secondary N) is 1. The van der Waals surface area contributed by atoms with Crippen LogP contribution in [0.5, 0.6) is 0 Å². The Labute approximate surface area is 156 Å². The van der Waals surface area contributed by atoms with Crippen LogP contribution in [0.2, 0.25) is 0 Å². The molecule has 1 unspecified atom stereocenters. The fraction of sp³-hybridized carbons (Fsp3) is 0.706. The topological polar surface area (TPSA) is 129 Å². The van der Waals surface area contributed by atoms with Crippen LogP contribution in [0.25, 0.3) is 0 Å². The molecule has 10 nitrogen and oxygen atoms in total. The second-order valence-corrected chi connectivity index (χ2v) is 7.50. The molecule has 3 atom stereocenters. The van der Waals surface area contributed by atoms with E-state index in [4.69, 9.17) is 4.42 Å². The summed E-state index contributed by atoms with van der Waals surface area (Å²) in [5.74, 6) is -0.756. The molecule has 1 spiro atoms. The van der Waals surface area contributed by atoms with Crippen LogP contribution in [0.4, 0.5) is 0 Å². The summed E-state index contributed by atoms with van der Waals surface area (Å²) in [6.45, 7) is 5.89. The largest absolute Gasteiger partial charge is 0.426 e. The SMILES string of the molecule is CC(C)C(=O)N1CCCC12CN(CC(=O)N[C@H](c1nnco1)[C@@H](C)O)C2=O. The van der Waals surface area contributed by atoms with Crippen molar-refractivity contribution >= 4 is 17.7 Å². The third kappa shape index (κ3) is 3.41. The molecule has 1 aromatic heterocycles. The van der Waals surface area contributed by atoms with Crippen LogP contribution in [0.1, 0.15) is 45.5 Å². The van der Waals surface area contributed by atoms with Crippen molar-refractivity contribution in [2.24, 2.45) is 5.92 Å². The molecule has 3 heterocycles. The van der Waals surface area contributed by atoms with E-state index in [0.29, 0.717) is 19.5 Å². The Bertz CT molecular complexity index is 719. The van der Waals surface area contributed by atoms with Crippen molar-refractivity contribution in [3.05, 3.63) is 12.3 Å². The van der Waals surface area contributed by atoms with E-state index in [2.05, 4.69) is 15.5 Å². The number of β-lactam (4-membered cyclic amide) rings is 1. The van der Waals surface area contributed by atoms with Gasteiger partial charge in [-0.25, -0.2) is 0 Å². The highest BCUT2D eigenvalue weighted by molar-refractivity contribution is 5.99. The first kappa shape index (κ1) is 19.3. The molecular formula is C17H25N5O5. The normalized spacial score (nSPS) is 24.3. The minimum atomic E-state index is -0.943. The summed E-state index contributed by atoms with van der Waals surface area (Å²) in [4.78, 5) is 40.6. The van der Waals surface area contributed by atoms with Crippen molar-refractivity contribution in [3.8, 4) is 0 Å². The van der Waals surface area contributed by atoms with Crippen molar-refractivity contribution in [2.75, 3.05) is 19.6 Å². The van der Waals surface area contributed by atoms with Gasteiger partial charge < -0.3 is 24.6 Å².